The lowest BCUT2D eigenvalue weighted by Crippen LogP contribution is -2.09. The molecule has 0 spiro atoms. The van der Waals surface area contributed by atoms with Gasteiger partial charge in [0.2, 0.25) is 0 Å². The van der Waals surface area contributed by atoms with E-state index in [0.717, 1.165) is 22.0 Å². The standard InChI is InChI=1S/C14H17N3O2S/c1-8-4-10(5-12(13(8)15)14(18)19-3)16-6-11-7-20-9(2)17-11/h4-5,7,16H,6,15H2,1-3H3. The number of benzene rings is 1. The number of aryl methyl sites for hydroxylation is 2. The van der Waals surface area contributed by atoms with Crippen molar-refractivity contribution in [2.75, 3.05) is 18.2 Å². The quantitative estimate of drug-likeness (QED) is 0.669. The lowest BCUT2D eigenvalue weighted by Gasteiger charge is -2.11. The predicted molar refractivity (Wildman–Crippen MR) is 81.1 cm³/mol. The van der Waals surface area contributed by atoms with Crippen LogP contribution in [0.4, 0.5) is 11.4 Å². The van der Waals surface area contributed by atoms with Crippen molar-refractivity contribution in [2.24, 2.45) is 0 Å². The Balaban J connectivity index is 2.19. The molecule has 0 atom stereocenters. The van der Waals surface area contributed by atoms with E-state index in [-0.39, 0.29) is 0 Å². The summed E-state index contributed by atoms with van der Waals surface area (Å²) in [5, 5.41) is 6.28. The predicted octanol–water partition coefficient (Wildman–Crippen LogP) is 2.74. The van der Waals surface area contributed by atoms with Gasteiger partial charge < -0.3 is 15.8 Å². The normalized spacial score (nSPS) is 10.3. The van der Waals surface area contributed by atoms with Gasteiger partial charge in [-0.15, -0.1) is 11.3 Å². The van der Waals surface area contributed by atoms with Crippen molar-refractivity contribution in [1.82, 2.24) is 4.98 Å². The second-order valence-corrected chi connectivity index (χ2v) is 5.52. The fourth-order valence-corrected chi connectivity index (χ4v) is 2.47. The molecule has 20 heavy (non-hydrogen) atoms. The maximum Gasteiger partial charge on any atom is 0.340 e. The number of methoxy groups -OCH3 is 1. The Morgan fingerprint density at radius 2 is 2.20 bits per heavy atom. The number of hydrogen-bond donors (Lipinski definition) is 2. The number of nitrogens with two attached hydrogens (primary N) is 1. The van der Waals surface area contributed by atoms with E-state index in [1.165, 1.54) is 7.11 Å². The van der Waals surface area contributed by atoms with Crippen LogP contribution in [0.15, 0.2) is 17.5 Å². The molecule has 3 N–H and O–H groups in total. The molecule has 0 bridgehead atoms. The number of rotatable bonds is 4. The highest BCUT2D eigenvalue weighted by atomic mass is 32.1. The molecule has 6 heteroatoms. The Hall–Kier alpha value is -2.08. The Morgan fingerprint density at radius 1 is 1.45 bits per heavy atom. The van der Waals surface area contributed by atoms with Crippen molar-refractivity contribution in [3.05, 3.63) is 39.3 Å². The second-order valence-electron chi connectivity index (χ2n) is 4.46. The third-order valence-electron chi connectivity index (χ3n) is 2.93. The maximum absolute atomic E-state index is 11.7. The van der Waals surface area contributed by atoms with E-state index in [2.05, 4.69) is 10.3 Å². The molecule has 0 aliphatic carbocycles. The Morgan fingerprint density at radius 3 is 2.80 bits per heavy atom. The number of aromatic nitrogens is 1. The van der Waals surface area contributed by atoms with Crippen LogP contribution in [-0.4, -0.2) is 18.1 Å². The third kappa shape index (κ3) is 3.08. The fourth-order valence-electron chi connectivity index (χ4n) is 1.86. The first-order valence-electron chi connectivity index (χ1n) is 6.14. The average Bonchev–Trinajstić information content (AvgIpc) is 2.85. The number of carbonyl (C=O) groups is 1. The van der Waals surface area contributed by atoms with E-state index in [0.29, 0.717) is 17.8 Å². The minimum Gasteiger partial charge on any atom is -0.465 e. The number of nitrogens with one attached hydrogen (secondary N) is 1. The van der Waals surface area contributed by atoms with Gasteiger partial charge in [-0.05, 0) is 31.5 Å². The molecule has 0 unspecified atom stereocenters. The van der Waals surface area contributed by atoms with Crippen LogP contribution in [0.1, 0.15) is 26.6 Å². The minimum absolute atomic E-state index is 0.379. The van der Waals surface area contributed by atoms with E-state index in [9.17, 15) is 4.79 Å². The van der Waals surface area contributed by atoms with Gasteiger partial charge >= 0.3 is 5.97 Å². The van der Waals surface area contributed by atoms with Gasteiger partial charge in [0, 0.05) is 16.8 Å². The van der Waals surface area contributed by atoms with Gasteiger partial charge in [0.25, 0.3) is 0 Å². The third-order valence-corrected chi connectivity index (χ3v) is 3.75. The molecular weight excluding hydrogens is 274 g/mol. The molecule has 0 radical (unpaired) electrons. The first-order chi connectivity index (χ1) is 9.51. The van der Waals surface area contributed by atoms with Crippen LogP contribution in [0, 0.1) is 13.8 Å². The summed E-state index contributed by atoms with van der Waals surface area (Å²) in [6.45, 7) is 4.44. The van der Waals surface area contributed by atoms with E-state index in [1.54, 1.807) is 17.4 Å². The van der Waals surface area contributed by atoms with Crippen LogP contribution in [0.2, 0.25) is 0 Å². The monoisotopic (exact) mass is 291 g/mol. The van der Waals surface area contributed by atoms with Crippen molar-refractivity contribution in [3.63, 3.8) is 0 Å². The smallest absolute Gasteiger partial charge is 0.340 e. The summed E-state index contributed by atoms with van der Waals surface area (Å²) in [6.07, 6.45) is 0. The van der Waals surface area contributed by atoms with Gasteiger partial charge in [-0.25, -0.2) is 9.78 Å². The molecule has 0 aliphatic heterocycles. The molecule has 106 valence electrons. The summed E-state index contributed by atoms with van der Waals surface area (Å²) in [5.41, 5.74) is 9.36. The molecule has 2 aromatic rings. The number of nitrogens with zero attached hydrogens (tertiary/aromatic N) is 1. The van der Waals surface area contributed by atoms with Crippen LogP contribution in [0.25, 0.3) is 0 Å². The summed E-state index contributed by atoms with van der Waals surface area (Å²) < 4.78 is 4.74. The highest BCUT2D eigenvalue weighted by molar-refractivity contribution is 7.09. The van der Waals surface area contributed by atoms with Crippen molar-refractivity contribution in [3.8, 4) is 0 Å². The Bertz CT molecular complexity index is 637. The highest BCUT2D eigenvalue weighted by Gasteiger charge is 2.13. The number of nitrogen functional groups attached to an aromatic ring is 1. The van der Waals surface area contributed by atoms with Crippen molar-refractivity contribution >= 4 is 28.7 Å². The first kappa shape index (κ1) is 14.3. The number of ether oxygens (including phenoxy) is 1. The van der Waals surface area contributed by atoms with Gasteiger partial charge in [-0.3, -0.25) is 0 Å². The fraction of sp³-hybridized carbons (Fsp3) is 0.286. The maximum atomic E-state index is 11.7. The number of thiazole rings is 1. The number of esters is 1. The molecule has 1 aromatic heterocycles. The van der Waals surface area contributed by atoms with E-state index >= 15 is 0 Å². The Kier molecular flexibility index (Phi) is 4.24. The number of anilines is 2. The summed E-state index contributed by atoms with van der Waals surface area (Å²) in [4.78, 5) is 16.1. The molecule has 0 saturated heterocycles. The molecule has 0 fully saturated rings. The SMILES string of the molecule is COC(=O)c1cc(NCc2csc(C)n2)cc(C)c1N. The van der Waals surface area contributed by atoms with Crippen LogP contribution in [-0.2, 0) is 11.3 Å². The van der Waals surface area contributed by atoms with Gasteiger partial charge in [0.15, 0.2) is 0 Å². The molecule has 0 amide bonds. The zero-order chi connectivity index (χ0) is 14.7. The average molecular weight is 291 g/mol. The molecular formula is C14H17N3O2S. The van der Waals surface area contributed by atoms with Crippen molar-refractivity contribution < 1.29 is 9.53 Å². The molecule has 1 aromatic carbocycles. The van der Waals surface area contributed by atoms with Gasteiger partial charge in [0.05, 0.1) is 29.9 Å². The lowest BCUT2D eigenvalue weighted by molar-refractivity contribution is 0.0602. The zero-order valence-electron chi connectivity index (χ0n) is 11.7. The lowest BCUT2D eigenvalue weighted by atomic mass is 10.1. The van der Waals surface area contributed by atoms with Crippen LogP contribution in [0.5, 0.6) is 0 Å². The van der Waals surface area contributed by atoms with Crippen molar-refractivity contribution in [2.45, 2.75) is 20.4 Å². The topological polar surface area (TPSA) is 77.2 Å². The largest absolute Gasteiger partial charge is 0.465 e. The van der Waals surface area contributed by atoms with E-state index in [4.69, 9.17) is 10.5 Å². The zero-order valence-corrected chi connectivity index (χ0v) is 12.5. The minimum atomic E-state index is -0.432. The summed E-state index contributed by atoms with van der Waals surface area (Å²) in [5.74, 6) is -0.432. The van der Waals surface area contributed by atoms with Crippen LogP contribution < -0.4 is 11.1 Å². The molecule has 0 aliphatic rings. The summed E-state index contributed by atoms with van der Waals surface area (Å²) >= 11 is 1.61. The summed E-state index contributed by atoms with van der Waals surface area (Å²) in [6, 6.07) is 3.61. The van der Waals surface area contributed by atoms with Crippen molar-refractivity contribution in [1.29, 1.82) is 0 Å². The number of hydrogen-bond acceptors (Lipinski definition) is 6. The van der Waals surface area contributed by atoms with E-state index < -0.39 is 5.97 Å². The molecule has 1 heterocycles. The van der Waals surface area contributed by atoms with E-state index in [1.807, 2.05) is 25.3 Å². The highest BCUT2D eigenvalue weighted by Crippen LogP contribution is 2.24. The first-order valence-corrected chi connectivity index (χ1v) is 7.02. The van der Waals surface area contributed by atoms with Gasteiger partial charge in [-0.2, -0.15) is 0 Å². The van der Waals surface area contributed by atoms with Gasteiger partial charge in [-0.1, -0.05) is 0 Å². The Labute approximate surface area is 121 Å². The molecule has 5 nitrogen and oxygen atoms in total. The summed E-state index contributed by atoms with van der Waals surface area (Å²) in [7, 11) is 1.34. The molecule has 0 saturated carbocycles. The van der Waals surface area contributed by atoms with Crippen LogP contribution >= 0.6 is 11.3 Å². The molecule has 2 rings (SSSR count). The van der Waals surface area contributed by atoms with Crippen LogP contribution in [0.3, 0.4) is 0 Å². The number of carbonyl (C=O) groups excluding carboxylic acids is 1. The van der Waals surface area contributed by atoms with Gasteiger partial charge in [0.1, 0.15) is 0 Å². The second kappa shape index (κ2) is 5.92.